The molecule has 0 aliphatic carbocycles. The highest BCUT2D eigenvalue weighted by Crippen LogP contribution is 2.36. The highest BCUT2D eigenvalue weighted by Gasteiger charge is 2.28. The van der Waals surface area contributed by atoms with Crippen molar-refractivity contribution in [3.8, 4) is 11.1 Å². The summed E-state index contributed by atoms with van der Waals surface area (Å²) in [6, 6.07) is 14.7. The molecule has 2 saturated heterocycles. The minimum absolute atomic E-state index is 0.137. The third-order valence-electron chi connectivity index (χ3n) is 7.29. The normalized spacial score (nSPS) is 19.2. The number of aromatic nitrogens is 1. The second-order valence-corrected chi connectivity index (χ2v) is 11.7. The zero-order valence-electron chi connectivity index (χ0n) is 19.8. The molecule has 2 aliphatic rings. The number of piperidine rings is 1. The van der Waals surface area contributed by atoms with E-state index in [0.717, 1.165) is 41.7 Å². The molecule has 180 valence electrons. The van der Waals surface area contributed by atoms with Gasteiger partial charge in [0.2, 0.25) is 15.9 Å². The number of sulfonamides is 1. The second kappa shape index (κ2) is 9.17. The van der Waals surface area contributed by atoms with E-state index in [1.54, 1.807) is 11.2 Å². The van der Waals surface area contributed by atoms with E-state index in [2.05, 4.69) is 41.5 Å². The zero-order chi connectivity index (χ0) is 23.9. The average Bonchev–Trinajstić information content (AvgIpc) is 3.28. The lowest BCUT2D eigenvalue weighted by Gasteiger charge is -2.32. The Kier molecular flexibility index (Phi) is 6.22. The minimum Gasteiger partial charge on any atom is -0.361 e. The molecule has 0 bridgehead atoms. The van der Waals surface area contributed by atoms with Gasteiger partial charge in [0.15, 0.2) is 0 Å². The summed E-state index contributed by atoms with van der Waals surface area (Å²) < 4.78 is 26.1. The Hall–Kier alpha value is -2.68. The van der Waals surface area contributed by atoms with Crippen LogP contribution in [0, 0.1) is 0 Å². The number of piperazine rings is 1. The van der Waals surface area contributed by atoms with Crippen LogP contribution in [0.5, 0.6) is 0 Å². The Bertz CT molecular complexity index is 1290. The molecule has 2 aliphatic heterocycles. The second-order valence-electron chi connectivity index (χ2n) is 9.41. The molecule has 0 atom stereocenters. The first-order valence-corrected chi connectivity index (χ1v) is 13.6. The lowest BCUT2D eigenvalue weighted by molar-refractivity contribution is -0.120. The van der Waals surface area contributed by atoms with Gasteiger partial charge in [-0.2, -0.15) is 0 Å². The smallest absolute Gasteiger partial charge is 0.241 e. The van der Waals surface area contributed by atoms with Gasteiger partial charge in [-0.05, 0) is 73.7 Å². The number of likely N-dealkylation sites (N-methyl/N-ethyl adjacent to an activating group) is 1. The van der Waals surface area contributed by atoms with E-state index >= 15 is 0 Å². The van der Waals surface area contributed by atoms with Gasteiger partial charge in [0, 0.05) is 49.0 Å². The topological polar surface area (TPSA) is 76.7 Å². The number of nitrogens with one attached hydrogen (secondary N) is 1. The van der Waals surface area contributed by atoms with E-state index in [1.807, 2.05) is 29.0 Å². The Balaban J connectivity index is 1.36. The molecule has 7 nitrogen and oxygen atoms in total. The first-order chi connectivity index (χ1) is 16.4. The molecule has 1 amide bonds. The number of fused-ring (bicyclic) bond motifs is 1. The van der Waals surface area contributed by atoms with Crippen LogP contribution >= 0.6 is 0 Å². The fourth-order valence-corrected chi connectivity index (χ4v) is 6.32. The van der Waals surface area contributed by atoms with Crippen LogP contribution in [0.3, 0.4) is 0 Å². The largest absolute Gasteiger partial charge is 0.361 e. The molecule has 3 aromatic rings. The van der Waals surface area contributed by atoms with Crippen LogP contribution in [0.4, 0.5) is 5.69 Å². The highest BCUT2D eigenvalue weighted by molar-refractivity contribution is 7.89. The standard InChI is InChI=1S/C26H32N4O3S/c1-3-34(32,33)29-12-10-20(11-13-29)24-17-27-25-9-6-21(16-23(24)25)19-4-7-22(8-5-19)30-15-14-28(2)18-26(30)31/h4-9,16-17,20,27H,3,10-15,18H2,1-2H3. The monoisotopic (exact) mass is 480 g/mol. The number of nitrogens with zero attached hydrogens (tertiary/aromatic N) is 3. The summed E-state index contributed by atoms with van der Waals surface area (Å²) in [4.78, 5) is 19.7. The van der Waals surface area contributed by atoms with Crippen molar-refractivity contribution in [1.82, 2.24) is 14.2 Å². The number of rotatable bonds is 5. The van der Waals surface area contributed by atoms with Crippen molar-refractivity contribution in [2.24, 2.45) is 0 Å². The van der Waals surface area contributed by atoms with Crippen molar-refractivity contribution in [2.75, 3.05) is 50.4 Å². The quantitative estimate of drug-likeness (QED) is 0.605. The SMILES string of the molecule is CCS(=O)(=O)N1CCC(c2c[nH]c3ccc(-c4ccc(N5CCN(C)CC5=O)cc4)cc23)CC1. The molecule has 0 spiro atoms. The highest BCUT2D eigenvalue weighted by atomic mass is 32.2. The number of carbonyl (C=O) groups is 1. The van der Waals surface area contributed by atoms with Gasteiger partial charge in [0.1, 0.15) is 0 Å². The summed E-state index contributed by atoms with van der Waals surface area (Å²) in [5, 5.41) is 1.20. The molecule has 0 unspecified atom stereocenters. The molecule has 1 N–H and O–H groups in total. The Morgan fingerprint density at radius 1 is 0.971 bits per heavy atom. The summed E-state index contributed by atoms with van der Waals surface area (Å²) in [6.45, 7) is 4.92. The van der Waals surface area contributed by atoms with Gasteiger partial charge < -0.3 is 9.88 Å². The van der Waals surface area contributed by atoms with Crippen LogP contribution in [0.2, 0.25) is 0 Å². The number of anilines is 1. The fraction of sp³-hybridized carbons (Fsp3) is 0.423. The van der Waals surface area contributed by atoms with Gasteiger partial charge in [-0.25, -0.2) is 12.7 Å². The summed E-state index contributed by atoms with van der Waals surface area (Å²) in [6.07, 6.45) is 3.76. The first-order valence-electron chi connectivity index (χ1n) is 12.0. The third-order valence-corrected chi connectivity index (χ3v) is 9.17. The van der Waals surface area contributed by atoms with Gasteiger partial charge in [-0.15, -0.1) is 0 Å². The molecular weight excluding hydrogens is 448 g/mol. The molecule has 2 aromatic carbocycles. The number of amides is 1. The zero-order valence-corrected chi connectivity index (χ0v) is 20.6. The molecule has 0 radical (unpaired) electrons. The Labute approximate surface area is 201 Å². The van der Waals surface area contributed by atoms with Gasteiger partial charge >= 0.3 is 0 Å². The number of hydrogen-bond acceptors (Lipinski definition) is 4. The summed E-state index contributed by atoms with van der Waals surface area (Å²) in [7, 11) is -1.15. The summed E-state index contributed by atoms with van der Waals surface area (Å²) in [5.41, 5.74) is 5.56. The predicted octanol–water partition coefficient (Wildman–Crippen LogP) is 3.64. The molecule has 2 fully saturated rings. The van der Waals surface area contributed by atoms with Gasteiger partial charge in [0.05, 0.1) is 12.3 Å². The maximum atomic E-state index is 12.4. The third kappa shape index (κ3) is 4.37. The fourth-order valence-electron chi connectivity index (χ4n) is 5.18. The van der Waals surface area contributed by atoms with Crippen molar-refractivity contribution >= 4 is 32.5 Å². The number of H-pyrrole nitrogens is 1. The summed E-state index contributed by atoms with van der Waals surface area (Å²) in [5.74, 6) is 0.645. The molecule has 0 saturated carbocycles. The molecule has 8 heteroatoms. The Morgan fingerprint density at radius 3 is 2.35 bits per heavy atom. The lowest BCUT2D eigenvalue weighted by atomic mass is 9.89. The molecule has 1 aromatic heterocycles. The van der Waals surface area contributed by atoms with Crippen molar-refractivity contribution in [2.45, 2.75) is 25.7 Å². The van der Waals surface area contributed by atoms with E-state index in [0.29, 0.717) is 32.1 Å². The van der Waals surface area contributed by atoms with E-state index in [9.17, 15) is 13.2 Å². The van der Waals surface area contributed by atoms with Gasteiger partial charge in [-0.3, -0.25) is 9.69 Å². The van der Waals surface area contributed by atoms with E-state index in [1.165, 1.54) is 10.9 Å². The maximum absolute atomic E-state index is 12.4. The van der Waals surface area contributed by atoms with Crippen LogP contribution in [-0.4, -0.2) is 74.0 Å². The first kappa shape index (κ1) is 23.1. The van der Waals surface area contributed by atoms with Gasteiger partial charge in [-0.1, -0.05) is 18.2 Å². The molecule has 34 heavy (non-hydrogen) atoms. The van der Waals surface area contributed by atoms with Crippen LogP contribution in [0.15, 0.2) is 48.7 Å². The van der Waals surface area contributed by atoms with E-state index in [4.69, 9.17) is 0 Å². The number of benzene rings is 2. The predicted molar refractivity (Wildman–Crippen MR) is 137 cm³/mol. The average molecular weight is 481 g/mol. The maximum Gasteiger partial charge on any atom is 0.241 e. The molecular formula is C26H32N4O3S. The van der Waals surface area contributed by atoms with Crippen molar-refractivity contribution in [1.29, 1.82) is 0 Å². The van der Waals surface area contributed by atoms with Crippen LogP contribution in [0.1, 0.15) is 31.2 Å². The van der Waals surface area contributed by atoms with Crippen LogP contribution in [-0.2, 0) is 14.8 Å². The summed E-state index contributed by atoms with van der Waals surface area (Å²) >= 11 is 0. The molecule has 5 rings (SSSR count). The Morgan fingerprint density at radius 2 is 1.68 bits per heavy atom. The van der Waals surface area contributed by atoms with E-state index in [-0.39, 0.29) is 11.7 Å². The number of hydrogen-bond donors (Lipinski definition) is 1. The van der Waals surface area contributed by atoms with Crippen molar-refractivity contribution < 1.29 is 13.2 Å². The minimum atomic E-state index is -3.12. The van der Waals surface area contributed by atoms with Crippen LogP contribution < -0.4 is 4.90 Å². The van der Waals surface area contributed by atoms with E-state index < -0.39 is 10.0 Å². The van der Waals surface area contributed by atoms with Crippen LogP contribution in [0.25, 0.3) is 22.0 Å². The molecule has 3 heterocycles. The number of aromatic amines is 1. The van der Waals surface area contributed by atoms with Gasteiger partial charge in [0.25, 0.3) is 0 Å². The number of carbonyl (C=O) groups excluding carboxylic acids is 1. The van der Waals surface area contributed by atoms with Crippen molar-refractivity contribution in [3.63, 3.8) is 0 Å². The van der Waals surface area contributed by atoms with Crippen molar-refractivity contribution in [3.05, 3.63) is 54.2 Å². The lowest BCUT2D eigenvalue weighted by Crippen LogP contribution is -2.48.